The number of benzene rings is 1. The summed E-state index contributed by atoms with van der Waals surface area (Å²) >= 11 is 0. The molecule has 0 heterocycles. The largest absolute Gasteiger partial charge is 0.426 e. The molecule has 0 saturated heterocycles. The van der Waals surface area contributed by atoms with Crippen LogP contribution >= 0.6 is 0 Å². The maximum atomic E-state index is 13.4. The molecule has 0 spiro atoms. The molecule has 0 fully saturated rings. The van der Waals surface area contributed by atoms with E-state index in [1.54, 1.807) is 6.07 Å². The van der Waals surface area contributed by atoms with Crippen molar-refractivity contribution in [1.82, 2.24) is 0 Å². The van der Waals surface area contributed by atoms with E-state index in [1.165, 1.54) is 12.1 Å². The number of hydrogen-bond acceptors (Lipinski definition) is 3. The van der Waals surface area contributed by atoms with Gasteiger partial charge in [0.05, 0.1) is 0 Å². The van der Waals surface area contributed by atoms with E-state index < -0.39 is 5.82 Å². The fraction of sp³-hybridized carbons (Fsp3) is 0.385. The van der Waals surface area contributed by atoms with Crippen LogP contribution in [0, 0.1) is 11.7 Å². The van der Waals surface area contributed by atoms with Crippen LogP contribution < -0.4 is 4.74 Å². The molecule has 1 rings (SSSR count). The molecular formula is C13H15FO3. The average Bonchev–Trinajstić information content (AvgIpc) is 2.29. The molecule has 17 heavy (non-hydrogen) atoms. The highest BCUT2D eigenvalue weighted by Gasteiger charge is 2.09. The van der Waals surface area contributed by atoms with E-state index in [0.717, 1.165) is 5.56 Å². The second-order valence-corrected chi connectivity index (χ2v) is 4.10. The number of Topliss-reactive ketones (excluding diaryl/α,β-unsaturated/α-hetero) is 1. The molecule has 0 amide bonds. The summed E-state index contributed by atoms with van der Waals surface area (Å²) in [5.74, 6) is -0.540. The van der Waals surface area contributed by atoms with Crippen molar-refractivity contribution in [3.63, 3.8) is 0 Å². The van der Waals surface area contributed by atoms with E-state index in [2.05, 4.69) is 4.74 Å². The highest BCUT2D eigenvalue weighted by Crippen LogP contribution is 2.19. The molecule has 0 aliphatic heterocycles. The highest BCUT2D eigenvalue weighted by molar-refractivity contribution is 5.80. The SMILES string of the molecule is CC(C)C(=O)CCc1ccc(OC=O)c(F)c1. The summed E-state index contributed by atoms with van der Waals surface area (Å²) in [7, 11) is 0. The van der Waals surface area contributed by atoms with Gasteiger partial charge in [-0.2, -0.15) is 0 Å². The summed E-state index contributed by atoms with van der Waals surface area (Å²) in [4.78, 5) is 21.5. The molecule has 92 valence electrons. The Bertz CT molecular complexity index is 413. The van der Waals surface area contributed by atoms with Gasteiger partial charge < -0.3 is 4.74 Å². The van der Waals surface area contributed by atoms with Gasteiger partial charge in [0.1, 0.15) is 5.78 Å². The smallest absolute Gasteiger partial charge is 0.298 e. The topological polar surface area (TPSA) is 43.4 Å². The predicted octanol–water partition coefficient (Wildman–Crippen LogP) is 2.52. The molecule has 0 atom stereocenters. The van der Waals surface area contributed by atoms with Crippen LogP contribution in [0.15, 0.2) is 18.2 Å². The van der Waals surface area contributed by atoms with Crippen molar-refractivity contribution < 1.29 is 18.7 Å². The first kappa shape index (κ1) is 13.4. The Labute approximate surface area is 99.6 Å². The molecule has 0 aromatic heterocycles. The van der Waals surface area contributed by atoms with E-state index in [-0.39, 0.29) is 23.9 Å². The molecule has 1 aromatic rings. The number of hydrogen-bond donors (Lipinski definition) is 0. The van der Waals surface area contributed by atoms with E-state index in [9.17, 15) is 14.0 Å². The fourth-order valence-corrected chi connectivity index (χ4v) is 1.40. The van der Waals surface area contributed by atoms with Crippen LogP contribution in [0.4, 0.5) is 4.39 Å². The molecule has 0 N–H and O–H groups in total. The Hall–Kier alpha value is -1.71. The van der Waals surface area contributed by atoms with Gasteiger partial charge in [0.15, 0.2) is 11.6 Å². The number of carbonyl (C=O) groups excluding carboxylic acids is 2. The molecular weight excluding hydrogens is 223 g/mol. The van der Waals surface area contributed by atoms with Crippen molar-refractivity contribution in [2.75, 3.05) is 0 Å². The minimum atomic E-state index is -0.591. The molecule has 3 nitrogen and oxygen atoms in total. The molecule has 0 aliphatic carbocycles. The van der Waals surface area contributed by atoms with Crippen molar-refractivity contribution in [1.29, 1.82) is 0 Å². The van der Waals surface area contributed by atoms with Crippen molar-refractivity contribution in [3.8, 4) is 5.75 Å². The van der Waals surface area contributed by atoms with Crippen LogP contribution in [-0.2, 0) is 16.0 Å². The maximum absolute atomic E-state index is 13.4. The second-order valence-electron chi connectivity index (χ2n) is 4.10. The Morgan fingerprint density at radius 3 is 2.71 bits per heavy atom. The number of ether oxygens (including phenoxy) is 1. The average molecular weight is 238 g/mol. The third-order valence-corrected chi connectivity index (χ3v) is 2.48. The second kappa shape index (κ2) is 6.13. The standard InChI is InChI=1S/C13H15FO3/c1-9(2)12(16)5-3-10-4-6-13(17-8-15)11(14)7-10/h4,6-9H,3,5H2,1-2H3. The van der Waals surface area contributed by atoms with E-state index in [1.807, 2.05) is 13.8 Å². The van der Waals surface area contributed by atoms with Gasteiger partial charge >= 0.3 is 0 Å². The van der Waals surface area contributed by atoms with Crippen molar-refractivity contribution in [2.45, 2.75) is 26.7 Å². The van der Waals surface area contributed by atoms with Gasteiger partial charge in [-0.1, -0.05) is 19.9 Å². The summed E-state index contributed by atoms with van der Waals surface area (Å²) in [5, 5.41) is 0. The van der Waals surface area contributed by atoms with Gasteiger partial charge in [-0.25, -0.2) is 4.39 Å². The maximum Gasteiger partial charge on any atom is 0.298 e. The zero-order chi connectivity index (χ0) is 12.8. The Kier molecular flexibility index (Phi) is 4.82. The van der Waals surface area contributed by atoms with Crippen LogP contribution in [0.1, 0.15) is 25.8 Å². The van der Waals surface area contributed by atoms with E-state index >= 15 is 0 Å². The Balaban J connectivity index is 2.64. The monoisotopic (exact) mass is 238 g/mol. The third kappa shape index (κ3) is 3.98. The highest BCUT2D eigenvalue weighted by atomic mass is 19.1. The minimum Gasteiger partial charge on any atom is -0.426 e. The van der Waals surface area contributed by atoms with Gasteiger partial charge in [-0.3, -0.25) is 9.59 Å². The number of halogens is 1. The predicted molar refractivity (Wildman–Crippen MR) is 61.3 cm³/mol. The summed E-state index contributed by atoms with van der Waals surface area (Å²) in [5.41, 5.74) is 0.717. The van der Waals surface area contributed by atoms with Crippen LogP contribution in [0.3, 0.4) is 0 Å². The number of aryl methyl sites for hydroxylation is 1. The normalized spacial score (nSPS) is 10.4. The molecule has 1 aromatic carbocycles. The van der Waals surface area contributed by atoms with Crippen molar-refractivity contribution in [2.24, 2.45) is 5.92 Å². The molecule has 0 aliphatic rings. The summed E-state index contributed by atoms with van der Waals surface area (Å²) in [6, 6.07) is 4.32. The fourth-order valence-electron chi connectivity index (χ4n) is 1.40. The number of ketones is 1. The van der Waals surface area contributed by atoms with Gasteiger partial charge in [-0.05, 0) is 24.1 Å². The zero-order valence-electron chi connectivity index (χ0n) is 9.90. The summed E-state index contributed by atoms with van der Waals surface area (Å²) in [6.07, 6.45) is 0.889. The lowest BCUT2D eigenvalue weighted by molar-refractivity contribution is -0.122. The van der Waals surface area contributed by atoms with Gasteiger partial charge in [0, 0.05) is 12.3 Å². The minimum absolute atomic E-state index is 0.00230. The van der Waals surface area contributed by atoms with Crippen LogP contribution in [0.5, 0.6) is 5.75 Å². The summed E-state index contributed by atoms with van der Waals surface area (Å²) < 4.78 is 17.8. The van der Waals surface area contributed by atoms with Crippen molar-refractivity contribution in [3.05, 3.63) is 29.6 Å². The molecule has 0 unspecified atom stereocenters. The number of carbonyl (C=O) groups is 2. The molecule has 4 heteroatoms. The first-order valence-electron chi connectivity index (χ1n) is 5.46. The molecule has 0 saturated carbocycles. The van der Waals surface area contributed by atoms with Gasteiger partial charge in [0.25, 0.3) is 6.47 Å². The van der Waals surface area contributed by atoms with Crippen molar-refractivity contribution >= 4 is 12.3 Å². The quantitative estimate of drug-likeness (QED) is 0.715. The van der Waals surface area contributed by atoms with E-state index in [4.69, 9.17) is 0 Å². The van der Waals surface area contributed by atoms with Crippen LogP contribution in [0.25, 0.3) is 0 Å². The van der Waals surface area contributed by atoms with Gasteiger partial charge in [-0.15, -0.1) is 0 Å². The van der Waals surface area contributed by atoms with Crippen LogP contribution in [-0.4, -0.2) is 12.3 Å². The lowest BCUT2D eigenvalue weighted by atomic mass is 10.0. The molecule has 0 bridgehead atoms. The first-order valence-corrected chi connectivity index (χ1v) is 5.46. The Morgan fingerprint density at radius 1 is 1.47 bits per heavy atom. The first-order chi connectivity index (χ1) is 8.04. The zero-order valence-corrected chi connectivity index (χ0v) is 9.90. The lowest BCUT2D eigenvalue weighted by Crippen LogP contribution is -2.08. The Morgan fingerprint density at radius 2 is 2.18 bits per heavy atom. The van der Waals surface area contributed by atoms with E-state index in [0.29, 0.717) is 12.8 Å². The van der Waals surface area contributed by atoms with Gasteiger partial charge in [0.2, 0.25) is 0 Å². The third-order valence-electron chi connectivity index (χ3n) is 2.48. The lowest BCUT2D eigenvalue weighted by Gasteiger charge is -2.05. The number of rotatable bonds is 6. The molecule has 0 radical (unpaired) electrons. The summed E-state index contributed by atoms with van der Waals surface area (Å²) in [6.45, 7) is 3.86. The van der Waals surface area contributed by atoms with Crippen LogP contribution in [0.2, 0.25) is 0 Å².